The lowest BCUT2D eigenvalue weighted by Crippen LogP contribution is -2.32. The van der Waals surface area contributed by atoms with Gasteiger partial charge in [-0.25, -0.2) is 8.78 Å². The molecule has 20 heavy (non-hydrogen) atoms. The second-order valence-electron chi connectivity index (χ2n) is 4.76. The minimum absolute atomic E-state index is 0.108. The van der Waals surface area contributed by atoms with Crippen molar-refractivity contribution < 1.29 is 18.8 Å². The molecule has 0 saturated heterocycles. The second-order valence-corrected chi connectivity index (χ2v) is 4.76. The van der Waals surface area contributed by atoms with Gasteiger partial charge in [0.25, 0.3) is 5.69 Å². The molecule has 0 fully saturated rings. The lowest BCUT2D eigenvalue weighted by molar-refractivity contribution is -0.385. The van der Waals surface area contributed by atoms with Gasteiger partial charge < -0.3 is 10.4 Å². The molecule has 1 aromatic carbocycles. The van der Waals surface area contributed by atoms with Crippen LogP contribution in [0, 0.1) is 27.2 Å². The third-order valence-corrected chi connectivity index (χ3v) is 3.71. The second kappa shape index (κ2) is 6.60. The zero-order chi connectivity index (χ0) is 15.3. The van der Waals surface area contributed by atoms with Gasteiger partial charge >= 0.3 is 0 Å². The highest BCUT2D eigenvalue weighted by Gasteiger charge is 2.26. The van der Waals surface area contributed by atoms with E-state index in [0.29, 0.717) is 25.0 Å². The molecule has 7 heteroatoms. The molecule has 0 heterocycles. The van der Waals surface area contributed by atoms with Crippen LogP contribution in [0.3, 0.4) is 0 Å². The summed E-state index contributed by atoms with van der Waals surface area (Å²) in [5, 5.41) is 22.5. The Morgan fingerprint density at radius 1 is 1.30 bits per heavy atom. The fourth-order valence-corrected chi connectivity index (χ4v) is 1.89. The van der Waals surface area contributed by atoms with E-state index in [0.717, 1.165) is 0 Å². The minimum atomic E-state index is -1.02. The topological polar surface area (TPSA) is 75.4 Å². The first-order chi connectivity index (χ1) is 9.39. The van der Waals surface area contributed by atoms with Crippen LogP contribution in [0.2, 0.25) is 0 Å². The van der Waals surface area contributed by atoms with Crippen molar-refractivity contribution in [2.45, 2.75) is 26.7 Å². The summed E-state index contributed by atoms with van der Waals surface area (Å²) < 4.78 is 27.4. The maximum absolute atomic E-state index is 13.7. The monoisotopic (exact) mass is 288 g/mol. The van der Waals surface area contributed by atoms with Gasteiger partial charge in [0.15, 0.2) is 11.6 Å². The fourth-order valence-electron chi connectivity index (χ4n) is 1.89. The smallest absolute Gasteiger partial charge is 0.275 e. The van der Waals surface area contributed by atoms with E-state index in [4.69, 9.17) is 0 Å². The molecule has 1 rings (SSSR count). The average molecular weight is 288 g/mol. The van der Waals surface area contributed by atoms with Gasteiger partial charge in [-0.1, -0.05) is 13.8 Å². The maximum atomic E-state index is 13.7. The Kier molecular flexibility index (Phi) is 5.38. The van der Waals surface area contributed by atoms with Gasteiger partial charge in [-0.3, -0.25) is 10.1 Å². The standard InChI is InChI=1S/C13H18F2N2O3/c1-3-13(4-2,8-18)7-16-12-10(14)5-9(17(19)20)6-11(12)15/h5-6,16,18H,3-4,7-8H2,1-2H3. The van der Waals surface area contributed by atoms with Crippen molar-refractivity contribution in [1.29, 1.82) is 0 Å². The van der Waals surface area contributed by atoms with E-state index in [9.17, 15) is 24.0 Å². The highest BCUT2D eigenvalue weighted by atomic mass is 19.1. The Labute approximate surface area is 115 Å². The summed E-state index contributed by atoms with van der Waals surface area (Å²) in [6.45, 7) is 3.83. The van der Waals surface area contributed by atoms with Crippen molar-refractivity contribution in [3.05, 3.63) is 33.9 Å². The molecule has 0 amide bonds. The number of nitro groups is 1. The Balaban J connectivity index is 2.96. The van der Waals surface area contributed by atoms with Crippen LogP contribution >= 0.6 is 0 Å². The summed E-state index contributed by atoms with van der Waals surface area (Å²) in [6.07, 6.45) is 1.28. The summed E-state index contributed by atoms with van der Waals surface area (Å²) in [5.74, 6) is -2.04. The molecule has 1 aromatic rings. The highest BCUT2D eigenvalue weighted by molar-refractivity contribution is 5.51. The molecule has 0 aliphatic rings. The normalized spacial score (nSPS) is 11.4. The number of nitrogens with one attached hydrogen (secondary N) is 1. The Bertz CT molecular complexity index is 459. The molecule has 112 valence electrons. The molecule has 5 nitrogen and oxygen atoms in total. The van der Waals surface area contributed by atoms with E-state index >= 15 is 0 Å². The Morgan fingerprint density at radius 2 is 1.80 bits per heavy atom. The number of anilines is 1. The highest BCUT2D eigenvalue weighted by Crippen LogP contribution is 2.29. The molecule has 0 atom stereocenters. The Hall–Kier alpha value is -1.76. The number of aliphatic hydroxyl groups is 1. The third-order valence-electron chi connectivity index (χ3n) is 3.71. The van der Waals surface area contributed by atoms with Crippen LogP contribution in [0.5, 0.6) is 0 Å². The molecular weight excluding hydrogens is 270 g/mol. The van der Waals surface area contributed by atoms with Crippen LogP contribution in [0.1, 0.15) is 26.7 Å². The lowest BCUT2D eigenvalue weighted by Gasteiger charge is -2.30. The molecule has 0 aromatic heterocycles. The van der Waals surface area contributed by atoms with Gasteiger partial charge in [0, 0.05) is 12.0 Å². The van der Waals surface area contributed by atoms with Crippen LogP contribution in [0.25, 0.3) is 0 Å². The van der Waals surface area contributed by atoms with E-state index in [1.54, 1.807) is 0 Å². The van der Waals surface area contributed by atoms with Gasteiger partial charge in [0.1, 0.15) is 5.69 Å². The number of rotatable bonds is 7. The predicted octanol–water partition coefficient (Wildman–Crippen LogP) is 3.08. The number of non-ortho nitro benzene ring substituents is 1. The van der Waals surface area contributed by atoms with E-state index in [-0.39, 0.29) is 13.2 Å². The number of halogens is 2. The van der Waals surface area contributed by atoms with Crippen molar-refractivity contribution in [2.75, 3.05) is 18.5 Å². The lowest BCUT2D eigenvalue weighted by atomic mass is 9.83. The molecule has 0 spiro atoms. The molecule has 0 bridgehead atoms. The van der Waals surface area contributed by atoms with Crippen molar-refractivity contribution in [3.63, 3.8) is 0 Å². The molecule has 0 aliphatic carbocycles. The first kappa shape index (κ1) is 16.3. The van der Waals surface area contributed by atoms with Gasteiger partial charge in [-0.05, 0) is 12.8 Å². The predicted molar refractivity (Wildman–Crippen MR) is 71.6 cm³/mol. The van der Waals surface area contributed by atoms with Gasteiger partial charge in [-0.15, -0.1) is 0 Å². The summed E-state index contributed by atoms with van der Waals surface area (Å²) in [7, 11) is 0. The number of hydrogen-bond donors (Lipinski definition) is 2. The van der Waals surface area contributed by atoms with Crippen molar-refractivity contribution in [1.82, 2.24) is 0 Å². The molecule has 2 N–H and O–H groups in total. The third kappa shape index (κ3) is 3.41. The van der Waals surface area contributed by atoms with Crippen molar-refractivity contribution in [2.24, 2.45) is 5.41 Å². The molecule has 0 unspecified atom stereocenters. The van der Waals surface area contributed by atoms with Crippen LogP contribution in [0.15, 0.2) is 12.1 Å². The van der Waals surface area contributed by atoms with Gasteiger partial charge in [0.05, 0.1) is 23.7 Å². The van der Waals surface area contributed by atoms with Crippen molar-refractivity contribution in [3.8, 4) is 0 Å². The van der Waals surface area contributed by atoms with E-state index < -0.39 is 33.3 Å². The quantitative estimate of drug-likeness (QED) is 0.597. The Morgan fingerprint density at radius 3 is 2.15 bits per heavy atom. The van der Waals surface area contributed by atoms with E-state index in [2.05, 4.69) is 5.32 Å². The number of nitro benzene ring substituents is 1. The largest absolute Gasteiger partial charge is 0.396 e. The van der Waals surface area contributed by atoms with Crippen LogP contribution in [-0.4, -0.2) is 23.2 Å². The summed E-state index contributed by atoms with van der Waals surface area (Å²) in [6, 6.07) is 1.34. The first-order valence-corrected chi connectivity index (χ1v) is 6.37. The number of aliphatic hydroxyl groups excluding tert-OH is 1. The number of benzene rings is 1. The summed E-state index contributed by atoms with van der Waals surface area (Å²) in [5.41, 5.74) is -1.51. The van der Waals surface area contributed by atoms with Crippen molar-refractivity contribution >= 4 is 11.4 Å². The van der Waals surface area contributed by atoms with Crippen LogP contribution in [0.4, 0.5) is 20.2 Å². The maximum Gasteiger partial charge on any atom is 0.275 e. The van der Waals surface area contributed by atoms with Gasteiger partial charge in [-0.2, -0.15) is 0 Å². The fraction of sp³-hybridized carbons (Fsp3) is 0.538. The average Bonchev–Trinajstić information content (AvgIpc) is 2.42. The number of hydrogen-bond acceptors (Lipinski definition) is 4. The zero-order valence-electron chi connectivity index (χ0n) is 11.4. The number of nitrogens with zero attached hydrogens (tertiary/aromatic N) is 1. The SMILES string of the molecule is CCC(CC)(CO)CNc1c(F)cc([N+](=O)[O-])cc1F. The molecule has 0 saturated carbocycles. The summed E-state index contributed by atoms with van der Waals surface area (Å²) >= 11 is 0. The molecule has 0 aliphatic heterocycles. The summed E-state index contributed by atoms with van der Waals surface area (Å²) in [4.78, 5) is 9.64. The van der Waals surface area contributed by atoms with E-state index in [1.807, 2.05) is 13.8 Å². The van der Waals surface area contributed by atoms with Crippen LogP contribution in [-0.2, 0) is 0 Å². The molecule has 0 radical (unpaired) electrons. The van der Waals surface area contributed by atoms with E-state index in [1.165, 1.54) is 0 Å². The van der Waals surface area contributed by atoms with Crippen LogP contribution < -0.4 is 5.32 Å². The zero-order valence-corrected chi connectivity index (χ0v) is 11.4. The molecular formula is C13H18F2N2O3. The minimum Gasteiger partial charge on any atom is -0.396 e. The van der Waals surface area contributed by atoms with Gasteiger partial charge in [0.2, 0.25) is 0 Å². The first-order valence-electron chi connectivity index (χ1n) is 6.37.